The van der Waals surface area contributed by atoms with Crippen LogP contribution in [-0.4, -0.2) is 14.6 Å². The second-order valence-corrected chi connectivity index (χ2v) is 4.98. The molecule has 0 radical (unpaired) electrons. The minimum Gasteiger partial charge on any atom is -0.232 e. The Morgan fingerprint density at radius 3 is 2.38 bits per heavy atom. The van der Waals surface area contributed by atoms with E-state index in [1.165, 1.54) is 5.56 Å². The molecule has 0 fully saturated rings. The van der Waals surface area contributed by atoms with Gasteiger partial charge in [-0.1, -0.05) is 27.7 Å². The first-order valence-electron chi connectivity index (χ1n) is 5.86. The topological polar surface area (TPSA) is 30.2 Å². The number of hydrogen-bond acceptors (Lipinski definition) is 2. The molecule has 16 heavy (non-hydrogen) atoms. The molecule has 0 saturated heterocycles. The first-order valence-corrected chi connectivity index (χ1v) is 5.86. The number of hydrogen-bond donors (Lipinski definition) is 0. The number of aryl methyl sites for hydroxylation is 1. The van der Waals surface area contributed by atoms with E-state index in [9.17, 15) is 0 Å². The summed E-state index contributed by atoms with van der Waals surface area (Å²) in [4.78, 5) is 4.54. The zero-order valence-electron chi connectivity index (χ0n) is 10.7. The molecule has 0 amide bonds. The van der Waals surface area contributed by atoms with Crippen molar-refractivity contribution in [2.45, 2.75) is 46.5 Å². The third-order valence-corrected chi connectivity index (χ3v) is 2.81. The number of imidazole rings is 1. The van der Waals surface area contributed by atoms with E-state index in [-0.39, 0.29) is 0 Å². The van der Waals surface area contributed by atoms with Crippen LogP contribution in [0.25, 0.3) is 5.65 Å². The van der Waals surface area contributed by atoms with Crippen LogP contribution in [0.1, 0.15) is 56.5 Å². The van der Waals surface area contributed by atoms with E-state index in [0.717, 1.165) is 17.0 Å². The molecule has 0 aromatic carbocycles. The van der Waals surface area contributed by atoms with Crippen molar-refractivity contribution >= 4 is 5.65 Å². The van der Waals surface area contributed by atoms with Gasteiger partial charge in [0.25, 0.3) is 0 Å². The molecular weight excluding hydrogens is 198 g/mol. The summed E-state index contributed by atoms with van der Waals surface area (Å²) in [5.41, 5.74) is 4.44. The number of nitrogens with zero attached hydrogens (tertiary/aromatic N) is 3. The molecule has 0 saturated carbocycles. The van der Waals surface area contributed by atoms with Crippen LogP contribution >= 0.6 is 0 Å². The van der Waals surface area contributed by atoms with Crippen LogP contribution in [0.2, 0.25) is 0 Å². The second-order valence-electron chi connectivity index (χ2n) is 4.98. The smallest absolute Gasteiger partial charge is 0.157 e. The SMILES string of the molecule is Cc1cn2nc(C(C)C)cc(C(C)C)c2n1. The lowest BCUT2D eigenvalue weighted by Gasteiger charge is -2.11. The highest BCUT2D eigenvalue weighted by Crippen LogP contribution is 2.23. The van der Waals surface area contributed by atoms with Crippen LogP contribution in [0.4, 0.5) is 0 Å². The van der Waals surface area contributed by atoms with Gasteiger partial charge in [0.1, 0.15) is 0 Å². The Hall–Kier alpha value is -1.38. The normalized spacial score (nSPS) is 11.9. The van der Waals surface area contributed by atoms with E-state index in [1.807, 2.05) is 17.6 Å². The van der Waals surface area contributed by atoms with Crippen molar-refractivity contribution in [3.05, 3.63) is 29.2 Å². The van der Waals surface area contributed by atoms with Crippen LogP contribution in [0, 0.1) is 6.92 Å². The fraction of sp³-hybridized carbons (Fsp3) is 0.538. The summed E-state index contributed by atoms with van der Waals surface area (Å²) in [5.74, 6) is 0.925. The van der Waals surface area contributed by atoms with Gasteiger partial charge in [-0.15, -0.1) is 0 Å². The third-order valence-electron chi connectivity index (χ3n) is 2.81. The summed E-state index contributed by atoms with van der Waals surface area (Å²) in [6.07, 6.45) is 1.99. The highest BCUT2D eigenvalue weighted by molar-refractivity contribution is 5.50. The maximum atomic E-state index is 4.59. The Morgan fingerprint density at radius 2 is 1.81 bits per heavy atom. The average Bonchev–Trinajstić information content (AvgIpc) is 2.55. The van der Waals surface area contributed by atoms with Crippen LogP contribution in [0.15, 0.2) is 12.3 Å². The molecule has 0 aliphatic rings. The van der Waals surface area contributed by atoms with Crippen LogP contribution in [-0.2, 0) is 0 Å². The van der Waals surface area contributed by atoms with Gasteiger partial charge in [0, 0.05) is 5.56 Å². The third kappa shape index (κ3) is 1.82. The lowest BCUT2D eigenvalue weighted by atomic mass is 10.0. The molecule has 0 spiro atoms. The van der Waals surface area contributed by atoms with Gasteiger partial charge in [0.05, 0.1) is 17.6 Å². The number of fused-ring (bicyclic) bond motifs is 1. The number of rotatable bonds is 2. The van der Waals surface area contributed by atoms with Crippen molar-refractivity contribution in [2.24, 2.45) is 0 Å². The van der Waals surface area contributed by atoms with Gasteiger partial charge in [0.15, 0.2) is 5.65 Å². The van der Waals surface area contributed by atoms with Gasteiger partial charge in [-0.2, -0.15) is 5.10 Å². The maximum absolute atomic E-state index is 4.59. The van der Waals surface area contributed by atoms with E-state index < -0.39 is 0 Å². The zero-order valence-corrected chi connectivity index (χ0v) is 10.7. The quantitative estimate of drug-likeness (QED) is 0.772. The molecule has 3 heteroatoms. The van der Waals surface area contributed by atoms with Crippen molar-refractivity contribution < 1.29 is 0 Å². The second kappa shape index (κ2) is 3.89. The number of aromatic nitrogens is 3. The Morgan fingerprint density at radius 1 is 1.12 bits per heavy atom. The molecule has 0 atom stereocenters. The summed E-state index contributed by atoms with van der Waals surface area (Å²) in [6.45, 7) is 10.7. The summed E-state index contributed by atoms with van der Waals surface area (Å²) in [5, 5.41) is 4.59. The summed E-state index contributed by atoms with van der Waals surface area (Å²) in [6, 6.07) is 2.19. The highest BCUT2D eigenvalue weighted by atomic mass is 15.3. The Balaban J connectivity index is 2.73. The molecule has 0 unspecified atom stereocenters. The van der Waals surface area contributed by atoms with E-state index in [2.05, 4.69) is 43.8 Å². The van der Waals surface area contributed by atoms with Crippen molar-refractivity contribution in [1.82, 2.24) is 14.6 Å². The van der Waals surface area contributed by atoms with Crippen LogP contribution < -0.4 is 0 Å². The average molecular weight is 217 g/mol. The molecule has 2 rings (SSSR count). The fourth-order valence-electron chi connectivity index (χ4n) is 1.84. The van der Waals surface area contributed by atoms with Crippen LogP contribution in [0.5, 0.6) is 0 Å². The standard InChI is InChI=1S/C13H19N3/c1-8(2)11-6-12(9(3)4)15-16-7-10(5)14-13(11)16/h6-9H,1-5H3. The van der Waals surface area contributed by atoms with E-state index in [1.54, 1.807) is 0 Å². The fourth-order valence-corrected chi connectivity index (χ4v) is 1.84. The molecule has 2 heterocycles. The van der Waals surface area contributed by atoms with Crippen molar-refractivity contribution in [3.8, 4) is 0 Å². The van der Waals surface area contributed by atoms with Crippen molar-refractivity contribution in [1.29, 1.82) is 0 Å². The van der Waals surface area contributed by atoms with Gasteiger partial charge in [0.2, 0.25) is 0 Å². The van der Waals surface area contributed by atoms with Gasteiger partial charge in [-0.25, -0.2) is 9.50 Å². The predicted molar refractivity (Wildman–Crippen MR) is 65.9 cm³/mol. The molecule has 2 aromatic heterocycles. The van der Waals surface area contributed by atoms with Crippen molar-refractivity contribution in [3.63, 3.8) is 0 Å². The summed E-state index contributed by atoms with van der Waals surface area (Å²) >= 11 is 0. The predicted octanol–water partition coefficient (Wildman–Crippen LogP) is 3.28. The molecule has 0 aliphatic heterocycles. The zero-order chi connectivity index (χ0) is 11.9. The molecular formula is C13H19N3. The highest BCUT2D eigenvalue weighted by Gasteiger charge is 2.12. The first-order chi connectivity index (χ1) is 7.49. The first kappa shape index (κ1) is 11.1. The molecule has 86 valence electrons. The Bertz CT molecular complexity index is 509. The Kier molecular flexibility index (Phi) is 2.70. The van der Waals surface area contributed by atoms with Crippen LogP contribution in [0.3, 0.4) is 0 Å². The molecule has 0 aliphatic carbocycles. The molecule has 0 N–H and O–H groups in total. The lowest BCUT2D eigenvalue weighted by molar-refractivity contribution is 0.743. The van der Waals surface area contributed by atoms with E-state index in [0.29, 0.717) is 11.8 Å². The van der Waals surface area contributed by atoms with Gasteiger partial charge in [-0.3, -0.25) is 0 Å². The lowest BCUT2D eigenvalue weighted by Crippen LogP contribution is -2.04. The maximum Gasteiger partial charge on any atom is 0.157 e. The molecule has 3 nitrogen and oxygen atoms in total. The molecule has 2 aromatic rings. The largest absolute Gasteiger partial charge is 0.232 e. The van der Waals surface area contributed by atoms with E-state index in [4.69, 9.17) is 0 Å². The minimum atomic E-state index is 0.449. The summed E-state index contributed by atoms with van der Waals surface area (Å²) in [7, 11) is 0. The van der Waals surface area contributed by atoms with E-state index >= 15 is 0 Å². The van der Waals surface area contributed by atoms with Crippen molar-refractivity contribution in [2.75, 3.05) is 0 Å². The summed E-state index contributed by atoms with van der Waals surface area (Å²) < 4.78 is 1.92. The van der Waals surface area contributed by atoms with Gasteiger partial charge >= 0.3 is 0 Å². The minimum absolute atomic E-state index is 0.449. The monoisotopic (exact) mass is 217 g/mol. The molecule has 0 bridgehead atoms. The van der Waals surface area contributed by atoms with Gasteiger partial charge in [-0.05, 0) is 24.8 Å². The van der Waals surface area contributed by atoms with Gasteiger partial charge < -0.3 is 0 Å². The Labute approximate surface area is 96.5 Å².